The molecule has 0 bridgehead atoms. The number of ketones is 1. The minimum absolute atomic E-state index is 0.267. The van der Waals surface area contributed by atoms with E-state index in [9.17, 15) is 18.0 Å². The van der Waals surface area contributed by atoms with E-state index in [1.54, 1.807) is 0 Å². The van der Waals surface area contributed by atoms with Gasteiger partial charge in [0.05, 0.1) is 15.9 Å². The number of Topliss-reactive ketones (excluding diaryl/α,β-unsaturated/α-hetero) is 1. The quantitative estimate of drug-likeness (QED) is 0.668. The fourth-order valence-corrected chi connectivity index (χ4v) is 1.56. The average molecular weight is 317 g/mol. The SMILES string of the molecule is O=C(CBr)c1cc(O)c(Cl)cc1C(F)(F)F. The highest BCUT2D eigenvalue weighted by atomic mass is 79.9. The van der Waals surface area contributed by atoms with E-state index in [0.717, 1.165) is 6.07 Å². The summed E-state index contributed by atoms with van der Waals surface area (Å²) in [5.74, 6) is -1.33. The van der Waals surface area contributed by atoms with Crippen LogP contribution in [0.1, 0.15) is 15.9 Å². The molecule has 1 aromatic rings. The summed E-state index contributed by atoms with van der Waals surface area (Å²) in [7, 11) is 0. The van der Waals surface area contributed by atoms with Gasteiger partial charge >= 0.3 is 6.18 Å². The molecule has 0 aliphatic heterocycles. The van der Waals surface area contributed by atoms with Crippen LogP contribution in [0.15, 0.2) is 12.1 Å². The summed E-state index contributed by atoms with van der Waals surface area (Å²) in [4.78, 5) is 11.2. The number of phenols is 1. The largest absolute Gasteiger partial charge is 0.506 e. The van der Waals surface area contributed by atoms with Gasteiger partial charge in [0.1, 0.15) is 5.75 Å². The number of aromatic hydroxyl groups is 1. The third-order valence-electron chi connectivity index (χ3n) is 1.81. The molecule has 1 rings (SSSR count). The third kappa shape index (κ3) is 2.68. The lowest BCUT2D eigenvalue weighted by molar-refractivity contribution is -0.137. The highest BCUT2D eigenvalue weighted by Crippen LogP contribution is 2.37. The Morgan fingerprint density at radius 1 is 1.44 bits per heavy atom. The summed E-state index contributed by atoms with van der Waals surface area (Å²) in [6.45, 7) is 0. The zero-order chi connectivity index (χ0) is 12.5. The fraction of sp³-hybridized carbons (Fsp3) is 0.222. The summed E-state index contributed by atoms with van der Waals surface area (Å²) in [5, 5.41) is 8.46. The zero-order valence-electron chi connectivity index (χ0n) is 7.61. The molecule has 0 saturated heterocycles. The Bertz CT molecular complexity index is 431. The number of benzene rings is 1. The van der Waals surface area contributed by atoms with Gasteiger partial charge in [-0.25, -0.2) is 0 Å². The van der Waals surface area contributed by atoms with Crippen molar-refractivity contribution in [2.24, 2.45) is 0 Å². The number of phenolic OH excluding ortho intramolecular Hbond substituents is 1. The molecule has 0 saturated carbocycles. The van der Waals surface area contributed by atoms with Gasteiger partial charge < -0.3 is 5.11 Å². The summed E-state index contributed by atoms with van der Waals surface area (Å²) in [5.41, 5.74) is -1.76. The molecule has 0 atom stereocenters. The summed E-state index contributed by atoms with van der Waals surface area (Å²) in [6.07, 6.45) is -4.69. The van der Waals surface area contributed by atoms with Crippen molar-refractivity contribution >= 4 is 33.3 Å². The number of hydrogen-bond donors (Lipinski definition) is 1. The van der Waals surface area contributed by atoms with Gasteiger partial charge in [-0.15, -0.1) is 0 Å². The van der Waals surface area contributed by atoms with Gasteiger partial charge in [-0.05, 0) is 12.1 Å². The molecular weight excluding hydrogens is 312 g/mol. The lowest BCUT2D eigenvalue weighted by atomic mass is 10.0. The van der Waals surface area contributed by atoms with Gasteiger partial charge in [0.2, 0.25) is 0 Å². The van der Waals surface area contributed by atoms with E-state index < -0.39 is 33.9 Å². The Morgan fingerprint density at radius 2 is 2.00 bits per heavy atom. The molecule has 0 spiro atoms. The Labute approximate surface area is 102 Å². The minimum atomic E-state index is -4.69. The fourth-order valence-electron chi connectivity index (χ4n) is 1.10. The molecule has 0 aliphatic rings. The van der Waals surface area contributed by atoms with E-state index in [1.807, 2.05) is 0 Å². The molecule has 2 nitrogen and oxygen atoms in total. The van der Waals surface area contributed by atoms with Crippen molar-refractivity contribution in [3.8, 4) is 5.75 Å². The molecule has 7 heteroatoms. The summed E-state index contributed by atoms with van der Waals surface area (Å²) < 4.78 is 37.6. The summed E-state index contributed by atoms with van der Waals surface area (Å²) >= 11 is 8.13. The maximum absolute atomic E-state index is 12.5. The maximum atomic E-state index is 12.5. The topological polar surface area (TPSA) is 37.3 Å². The van der Waals surface area contributed by atoms with Crippen molar-refractivity contribution in [3.63, 3.8) is 0 Å². The first kappa shape index (κ1) is 13.3. The predicted molar refractivity (Wildman–Crippen MR) is 56.2 cm³/mol. The van der Waals surface area contributed by atoms with Crippen LogP contribution in [0, 0.1) is 0 Å². The van der Waals surface area contributed by atoms with Crippen molar-refractivity contribution in [1.29, 1.82) is 0 Å². The first-order valence-corrected chi connectivity index (χ1v) is 5.46. The maximum Gasteiger partial charge on any atom is 0.417 e. The van der Waals surface area contributed by atoms with Crippen molar-refractivity contribution in [2.45, 2.75) is 6.18 Å². The third-order valence-corrected chi connectivity index (χ3v) is 2.63. The van der Waals surface area contributed by atoms with Gasteiger partial charge in [-0.2, -0.15) is 13.2 Å². The van der Waals surface area contributed by atoms with Crippen molar-refractivity contribution in [3.05, 3.63) is 28.3 Å². The summed E-state index contributed by atoms with van der Waals surface area (Å²) in [6, 6.07) is 1.25. The normalized spacial score (nSPS) is 11.6. The van der Waals surface area contributed by atoms with Crippen LogP contribution in [-0.2, 0) is 6.18 Å². The molecule has 0 aromatic heterocycles. The standard InChI is InChI=1S/C9H5BrClF3O2/c10-3-8(16)4-1-7(15)6(11)2-5(4)9(12,13)14/h1-2,15H,3H2. The van der Waals surface area contributed by atoms with E-state index >= 15 is 0 Å². The molecule has 16 heavy (non-hydrogen) atoms. The predicted octanol–water partition coefficient (Wildman–Crippen LogP) is 3.64. The molecule has 88 valence electrons. The van der Waals surface area contributed by atoms with Crippen molar-refractivity contribution < 1.29 is 23.1 Å². The van der Waals surface area contributed by atoms with Gasteiger partial charge in [0, 0.05) is 5.56 Å². The van der Waals surface area contributed by atoms with Gasteiger partial charge in [0.25, 0.3) is 0 Å². The Hall–Kier alpha value is -0.750. The monoisotopic (exact) mass is 316 g/mol. The number of carbonyl (C=O) groups is 1. The van der Waals surface area contributed by atoms with Crippen LogP contribution in [0.4, 0.5) is 13.2 Å². The van der Waals surface area contributed by atoms with Crippen LogP contribution >= 0.6 is 27.5 Å². The molecule has 0 radical (unpaired) electrons. The number of hydrogen-bond acceptors (Lipinski definition) is 2. The molecule has 0 amide bonds. The van der Waals surface area contributed by atoms with Crippen molar-refractivity contribution in [2.75, 3.05) is 5.33 Å². The molecule has 1 N–H and O–H groups in total. The van der Waals surface area contributed by atoms with Crippen LogP contribution < -0.4 is 0 Å². The Balaban J connectivity index is 3.45. The lowest BCUT2D eigenvalue weighted by Crippen LogP contribution is -2.13. The van der Waals surface area contributed by atoms with Gasteiger partial charge in [0.15, 0.2) is 5.78 Å². The highest BCUT2D eigenvalue weighted by molar-refractivity contribution is 9.09. The molecule has 0 fully saturated rings. The van der Waals surface area contributed by atoms with E-state index in [1.165, 1.54) is 0 Å². The highest BCUT2D eigenvalue weighted by Gasteiger charge is 2.35. The Morgan fingerprint density at radius 3 is 2.44 bits per heavy atom. The first-order valence-electron chi connectivity index (χ1n) is 3.96. The van der Waals surface area contributed by atoms with E-state index in [4.69, 9.17) is 16.7 Å². The molecular formula is C9H5BrClF3O2. The minimum Gasteiger partial charge on any atom is -0.506 e. The van der Waals surface area contributed by atoms with Gasteiger partial charge in [-0.3, -0.25) is 4.79 Å². The second-order valence-electron chi connectivity index (χ2n) is 2.90. The van der Waals surface area contributed by atoms with Crippen LogP contribution in [-0.4, -0.2) is 16.2 Å². The van der Waals surface area contributed by atoms with Gasteiger partial charge in [-0.1, -0.05) is 27.5 Å². The van der Waals surface area contributed by atoms with E-state index in [-0.39, 0.29) is 5.33 Å². The average Bonchev–Trinajstić information content (AvgIpc) is 2.18. The molecule has 0 aliphatic carbocycles. The number of carbonyl (C=O) groups excluding carboxylic acids is 1. The molecule has 1 aromatic carbocycles. The van der Waals surface area contributed by atoms with Crippen LogP contribution in [0.25, 0.3) is 0 Å². The Kier molecular flexibility index (Phi) is 3.85. The number of halogens is 5. The van der Waals surface area contributed by atoms with Crippen LogP contribution in [0.5, 0.6) is 5.75 Å². The second kappa shape index (κ2) is 4.63. The first-order chi connectivity index (χ1) is 7.27. The second-order valence-corrected chi connectivity index (χ2v) is 3.87. The number of alkyl halides is 4. The van der Waals surface area contributed by atoms with Crippen LogP contribution in [0.2, 0.25) is 5.02 Å². The smallest absolute Gasteiger partial charge is 0.417 e. The molecule has 0 unspecified atom stereocenters. The molecule has 0 heterocycles. The lowest BCUT2D eigenvalue weighted by Gasteiger charge is -2.12. The van der Waals surface area contributed by atoms with Crippen LogP contribution in [0.3, 0.4) is 0 Å². The number of rotatable bonds is 2. The zero-order valence-corrected chi connectivity index (χ0v) is 9.95. The van der Waals surface area contributed by atoms with E-state index in [0.29, 0.717) is 6.07 Å². The van der Waals surface area contributed by atoms with Crippen molar-refractivity contribution in [1.82, 2.24) is 0 Å². The van der Waals surface area contributed by atoms with E-state index in [2.05, 4.69) is 15.9 Å².